The molecule has 0 aliphatic carbocycles. The van der Waals surface area contributed by atoms with Gasteiger partial charge in [-0.05, 0) is 37.1 Å². The van der Waals surface area contributed by atoms with E-state index in [1.54, 1.807) is 36.5 Å². The van der Waals surface area contributed by atoms with Crippen LogP contribution in [0.2, 0.25) is 0 Å². The number of aryl methyl sites for hydroxylation is 2. The van der Waals surface area contributed by atoms with Crippen molar-refractivity contribution in [1.29, 1.82) is 0 Å². The molecule has 0 spiro atoms. The quantitative estimate of drug-likeness (QED) is 0.520. The van der Waals surface area contributed by atoms with Crippen LogP contribution in [0.25, 0.3) is 10.2 Å². The molecule has 0 saturated carbocycles. The first-order valence-corrected chi connectivity index (χ1v) is 8.45. The molecule has 0 unspecified atom stereocenters. The number of rotatable bonds is 4. The van der Waals surface area contributed by atoms with E-state index in [1.165, 1.54) is 21.4 Å². The molecule has 2 heterocycles. The Kier molecular flexibility index (Phi) is 4.12. The number of thioether (sulfide) groups is 1. The first-order chi connectivity index (χ1) is 10.2. The number of aromatic nitrogens is 2. The maximum atomic E-state index is 5.27. The fourth-order valence-corrected chi connectivity index (χ4v) is 4.23. The van der Waals surface area contributed by atoms with Crippen LogP contribution in [-0.2, 0) is 5.75 Å². The average molecular weight is 316 g/mol. The van der Waals surface area contributed by atoms with Gasteiger partial charge in [-0.1, -0.05) is 12.1 Å². The Morgan fingerprint density at radius 3 is 2.90 bits per heavy atom. The molecule has 0 saturated heterocycles. The van der Waals surface area contributed by atoms with Gasteiger partial charge in [0.15, 0.2) is 0 Å². The number of thiophene rings is 1. The summed E-state index contributed by atoms with van der Waals surface area (Å²) in [5.74, 6) is 1.76. The molecule has 2 aromatic heterocycles. The molecule has 108 valence electrons. The van der Waals surface area contributed by atoms with E-state index in [0.717, 1.165) is 21.4 Å². The molecule has 1 aromatic carbocycles. The number of methoxy groups -OCH3 is 1. The number of ether oxygens (including phenoxy) is 1. The summed E-state index contributed by atoms with van der Waals surface area (Å²) in [6.45, 7) is 4.28. The summed E-state index contributed by atoms with van der Waals surface area (Å²) >= 11 is 3.49. The van der Waals surface area contributed by atoms with E-state index in [9.17, 15) is 0 Å². The van der Waals surface area contributed by atoms with Crippen LogP contribution >= 0.6 is 23.1 Å². The van der Waals surface area contributed by atoms with Gasteiger partial charge in [0.2, 0.25) is 0 Å². The molecular formula is C16H16N2OS2. The maximum Gasteiger partial charge on any atom is 0.128 e. The lowest BCUT2D eigenvalue weighted by atomic mass is 10.2. The molecule has 0 bridgehead atoms. The van der Waals surface area contributed by atoms with Crippen LogP contribution in [0, 0.1) is 13.8 Å². The minimum absolute atomic E-state index is 0.873. The molecule has 0 aliphatic rings. The molecule has 0 aliphatic heterocycles. The van der Waals surface area contributed by atoms with Gasteiger partial charge in [-0.25, -0.2) is 9.97 Å². The summed E-state index contributed by atoms with van der Waals surface area (Å²) in [5, 5.41) is 2.26. The molecule has 0 fully saturated rings. The lowest BCUT2D eigenvalue weighted by molar-refractivity contribution is 0.414. The van der Waals surface area contributed by atoms with Crippen LogP contribution in [0.3, 0.4) is 0 Å². The predicted molar refractivity (Wildman–Crippen MR) is 89.4 cm³/mol. The van der Waals surface area contributed by atoms with Gasteiger partial charge in [0.05, 0.1) is 7.11 Å². The van der Waals surface area contributed by atoms with Crippen LogP contribution in [0.1, 0.15) is 16.0 Å². The van der Waals surface area contributed by atoms with Crippen molar-refractivity contribution in [2.45, 2.75) is 24.6 Å². The van der Waals surface area contributed by atoms with Crippen LogP contribution in [0.5, 0.6) is 5.75 Å². The third kappa shape index (κ3) is 2.89. The van der Waals surface area contributed by atoms with Crippen LogP contribution in [0.4, 0.5) is 0 Å². The zero-order valence-electron chi connectivity index (χ0n) is 12.2. The van der Waals surface area contributed by atoms with E-state index in [1.807, 2.05) is 12.1 Å². The molecule has 0 atom stereocenters. The van der Waals surface area contributed by atoms with E-state index in [0.29, 0.717) is 0 Å². The van der Waals surface area contributed by atoms with Crippen molar-refractivity contribution in [1.82, 2.24) is 9.97 Å². The molecule has 21 heavy (non-hydrogen) atoms. The van der Waals surface area contributed by atoms with E-state index >= 15 is 0 Å². The standard InChI is InChI=1S/C16H16N2OS2/c1-10-11(2)21-16-14(10)15(17-9-18-16)20-8-12-5-4-6-13(7-12)19-3/h4-7,9H,8H2,1-3H3. The van der Waals surface area contributed by atoms with Gasteiger partial charge in [0.1, 0.15) is 21.9 Å². The number of benzene rings is 1. The zero-order valence-corrected chi connectivity index (χ0v) is 13.8. The Morgan fingerprint density at radius 2 is 2.10 bits per heavy atom. The van der Waals surface area contributed by atoms with Gasteiger partial charge in [0, 0.05) is 16.0 Å². The summed E-state index contributed by atoms with van der Waals surface area (Å²) in [6, 6.07) is 8.16. The van der Waals surface area contributed by atoms with E-state index < -0.39 is 0 Å². The first kappa shape index (κ1) is 14.4. The molecule has 0 radical (unpaired) electrons. The van der Waals surface area contributed by atoms with E-state index in [2.05, 4.69) is 35.9 Å². The van der Waals surface area contributed by atoms with Crippen molar-refractivity contribution >= 4 is 33.3 Å². The van der Waals surface area contributed by atoms with Crippen LogP contribution in [-0.4, -0.2) is 17.1 Å². The van der Waals surface area contributed by atoms with E-state index in [-0.39, 0.29) is 0 Å². The Labute approximate surface area is 132 Å². The molecule has 5 heteroatoms. The Morgan fingerprint density at radius 1 is 1.24 bits per heavy atom. The van der Waals surface area contributed by atoms with Crippen molar-refractivity contribution in [3.63, 3.8) is 0 Å². The molecule has 0 N–H and O–H groups in total. The maximum absolute atomic E-state index is 5.27. The van der Waals surface area contributed by atoms with Crippen LogP contribution in [0.15, 0.2) is 35.6 Å². The smallest absolute Gasteiger partial charge is 0.128 e. The van der Waals surface area contributed by atoms with Crippen molar-refractivity contribution in [3.05, 3.63) is 46.6 Å². The largest absolute Gasteiger partial charge is 0.497 e. The molecule has 0 amide bonds. The molecule has 3 aromatic rings. The monoisotopic (exact) mass is 316 g/mol. The number of hydrogen-bond donors (Lipinski definition) is 0. The van der Waals surface area contributed by atoms with Gasteiger partial charge < -0.3 is 4.74 Å². The minimum atomic E-state index is 0.873. The highest BCUT2D eigenvalue weighted by molar-refractivity contribution is 7.98. The summed E-state index contributed by atoms with van der Waals surface area (Å²) in [5.41, 5.74) is 2.53. The molecule has 3 nitrogen and oxygen atoms in total. The second-order valence-corrected chi connectivity index (χ2v) is 6.95. The van der Waals surface area contributed by atoms with Crippen molar-refractivity contribution in [3.8, 4) is 5.75 Å². The topological polar surface area (TPSA) is 35.0 Å². The Bertz CT molecular complexity index is 783. The summed E-state index contributed by atoms with van der Waals surface area (Å²) in [6.07, 6.45) is 1.66. The molecular weight excluding hydrogens is 300 g/mol. The van der Waals surface area contributed by atoms with Gasteiger partial charge >= 0.3 is 0 Å². The fraction of sp³-hybridized carbons (Fsp3) is 0.250. The minimum Gasteiger partial charge on any atom is -0.497 e. The van der Waals surface area contributed by atoms with Crippen molar-refractivity contribution in [2.24, 2.45) is 0 Å². The lowest BCUT2D eigenvalue weighted by Crippen LogP contribution is -1.88. The van der Waals surface area contributed by atoms with Gasteiger partial charge in [0.25, 0.3) is 0 Å². The summed E-state index contributed by atoms with van der Waals surface area (Å²) in [7, 11) is 1.69. The highest BCUT2D eigenvalue weighted by Crippen LogP contribution is 2.35. The van der Waals surface area contributed by atoms with Gasteiger partial charge in [-0.15, -0.1) is 23.1 Å². The summed E-state index contributed by atoms with van der Waals surface area (Å²) < 4.78 is 5.27. The van der Waals surface area contributed by atoms with Crippen LogP contribution < -0.4 is 4.74 Å². The summed E-state index contributed by atoms with van der Waals surface area (Å²) in [4.78, 5) is 11.2. The number of fused-ring (bicyclic) bond motifs is 1. The fourth-order valence-electron chi connectivity index (χ4n) is 2.17. The second-order valence-electron chi connectivity index (χ2n) is 4.78. The number of hydrogen-bond acceptors (Lipinski definition) is 5. The average Bonchev–Trinajstić information content (AvgIpc) is 2.81. The first-order valence-electron chi connectivity index (χ1n) is 6.65. The van der Waals surface area contributed by atoms with Crippen molar-refractivity contribution < 1.29 is 4.74 Å². The van der Waals surface area contributed by atoms with Crippen molar-refractivity contribution in [2.75, 3.05) is 7.11 Å². The Hall–Kier alpha value is -1.59. The van der Waals surface area contributed by atoms with Gasteiger partial charge in [-0.2, -0.15) is 0 Å². The Balaban J connectivity index is 1.88. The SMILES string of the molecule is COc1cccc(CSc2ncnc3sc(C)c(C)c23)c1. The predicted octanol–water partition coefficient (Wildman–Crippen LogP) is 4.61. The third-order valence-corrected chi connectivity index (χ3v) is 5.62. The van der Waals surface area contributed by atoms with E-state index in [4.69, 9.17) is 4.74 Å². The highest BCUT2D eigenvalue weighted by Gasteiger charge is 2.12. The van der Waals surface area contributed by atoms with Gasteiger partial charge in [-0.3, -0.25) is 0 Å². The normalized spacial score (nSPS) is 11.0. The third-order valence-electron chi connectivity index (χ3n) is 3.44. The number of nitrogens with zero attached hydrogens (tertiary/aromatic N) is 2. The second kappa shape index (κ2) is 6.03. The highest BCUT2D eigenvalue weighted by atomic mass is 32.2. The molecule has 3 rings (SSSR count). The lowest BCUT2D eigenvalue weighted by Gasteiger charge is -2.05. The zero-order chi connectivity index (χ0) is 14.8.